The standard InChI is InChI=1S/C21H23N3O3/c1-13(2)14-6-8-15(9-7-14)19-18-17(23(3)21(26)22-19)12-24(20(18)25)11-16-5-4-10-27-16/h4-10,13,19H,11-12H2,1-3H3,(H,22,26)/t19-/m0/s1. The molecule has 0 spiro atoms. The monoisotopic (exact) mass is 365 g/mol. The average Bonchev–Trinajstić information content (AvgIpc) is 3.28. The molecule has 4 rings (SSSR count). The molecule has 0 aliphatic carbocycles. The van der Waals surface area contributed by atoms with E-state index in [0.717, 1.165) is 17.0 Å². The summed E-state index contributed by atoms with van der Waals surface area (Å²) < 4.78 is 5.38. The van der Waals surface area contributed by atoms with Gasteiger partial charge >= 0.3 is 6.03 Å². The van der Waals surface area contributed by atoms with Gasteiger partial charge < -0.3 is 14.6 Å². The van der Waals surface area contributed by atoms with E-state index in [9.17, 15) is 9.59 Å². The predicted molar refractivity (Wildman–Crippen MR) is 101 cm³/mol. The molecule has 0 bridgehead atoms. The summed E-state index contributed by atoms with van der Waals surface area (Å²) in [5.74, 6) is 1.09. The molecule has 3 heterocycles. The molecule has 3 amide bonds. The number of rotatable bonds is 4. The Bertz CT molecular complexity index is 897. The van der Waals surface area contributed by atoms with Crippen LogP contribution in [0.3, 0.4) is 0 Å². The summed E-state index contributed by atoms with van der Waals surface area (Å²) >= 11 is 0. The number of amides is 3. The molecule has 1 aromatic heterocycles. The van der Waals surface area contributed by atoms with Gasteiger partial charge in [-0.2, -0.15) is 0 Å². The van der Waals surface area contributed by atoms with Crippen molar-refractivity contribution >= 4 is 11.9 Å². The molecule has 2 aliphatic heterocycles. The van der Waals surface area contributed by atoms with Gasteiger partial charge in [-0.05, 0) is 29.2 Å². The second-order valence-electron chi connectivity index (χ2n) is 7.36. The van der Waals surface area contributed by atoms with Crippen molar-refractivity contribution < 1.29 is 14.0 Å². The molecule has 1 aromatic carbocycles. The first-order valence-corrected chi connectivity index (χ1v) is 9.14. The van der Waals surface area contributed by atoms with Crippen molar-refractivity contribution in [3.05, 3.63) is 70.8 Å². The molecule has 0 radical (unpaired) electrons. The van der Waals surface area contributed by atoms with Crippen LogP contribution in [0.5, 0.6) is 0 Å². The fourth-order valence-corrected chi connectivity index (χ4v) is 3.67. The third kappa shape index (κ3) is 3.01. The fourth-order valence-electron chi connectivity index (χ4n) is 3.67. The maximum atomic E-state index is 13.1. The minimum Gasteiger partial charge on any atom is -0.467 e. The van der Waals surface area contributed by atoms with Crippen LogP contribution in [-0.2, 0) is 11.3 Å². The molecule has 1 atom stereocenters. The van der Waals surface area contributed by atoms with Crippen LogP contribution in [0.4, 0.5) is 4.79 Å². The lowest BCUT2D eigenvalue weighted by molar-refractivity contribution is -0.126. The van der Waals surface area contributed by atoms with Crippen molar-refractivity contribution in [2.75, 3.05) is 13.6 Å². The first kappa shape index (κ1) is 17.4. The lowest BCUT2D eigenvalue weighted by atomic mass is 9.93. The van der Waals surface area contributed by atoms with Crippen LogP contribution in [0.15, 0.2) is 58.3 Å². The highest BCUT2D eigenvalue weighted by molar-refractivity contribution is 6.01. The third-order valence-corrected chi connectivity index (χ3v) is 5.30. The number of nitrogens with zero attached hydrogens (tertiary/aromatic N) is 2. The molecule has 0 unspecified atom stereocenters. The number of urea groups is 1. The van der Waals surface area contributed by atoms with Crippen LogP contribution in [0.2, 0.25) is 0 Å². The van der Waals surface area contributed by atoms with Crippen LogP contribution in [0.25, 0.3) is 0 Å². The first-order valence-electron chi connectivity index (χ1n) is 9.14. The Morgan fingerprint density at radius 1 is 1.19 bits per heavy atom. The Morgan fingerprint density at radius 3 is 2.56 bits per heavy atom. The predicted octanol–water partition coefficient (Wildman–Crippen LogP) is 3.40. The van der Waals surface area contributed by atoms with Crippen LogP contribution < -0.4 is 5.32 Å². The number of furan rings is 1. The van der Waals surface area contributed by atoms with Gasteiger partial charge in [0.2, 0.25) is 0 Å². The Hall–Kier alpha value is -3.02. The van der Waals surface area contributed by atoms with Crippen molar-refractivity contribution in [3.63, 3.8) is 0 Å². The minimum absolute atomic E-state index is 0.0637. The lowest BCUT2D eigenvalue weighted by Gasteiger charge is -2.31. The highest BCUT2D eigenvalue weighted by Gasteiger charge is 2.42. The van der Waals surface area contributed by atoms with E-state index in [4.69, 9.17) is 4.42 Å². The zero-order valence-electron chi connectivity index (χ0n) is 15.7. The Labute approximate surface area is 158 Å². The highest BCUT2D eigenvalue weighted by Crippen LogP contribution is 2.36. The van der Waals surface area contributed by atoms with Gasteiger partial charge in [0.15, 0.2) is 0 Å². The average molecular weight is 365 g/mol. The van der Waals surface area contributed by atoms with Gasteiger partial charge in [0.05, 0.1) is 36.7 Å². The van der Waals surface area contributed by atoms with Crippen molar-refractivity contribution in [1.29, 1.82) is 0 Å². The van der Waals surface area contributed by atoms with Crippen molar-refractivity contribution in [1.82, 2.24) is 15.1 Å². The summed E-state index contributed by atoms with van der Waals surface area (Å²) in [6, 6.07) is 11.1. The van der Waals surface area contributed by atoms with Crippen molar-refractivity contribution in [2.24, 2.45) is 0 Å². The molecule has 140 valence electrons. The molecular weight excluding hydrogens is 342 g/mol. The summed E-state index contributed by atoms with van der Waals surface area (Å²) in [4.78, 5) is 28.8. The number of carbonyl (C=O) groups excluding carboxylic acids is 2. The molecule has 0 fully saturated rings. The van der Waals surface area contributed by atoms with E-state index in [1.54, 1.807) is 24.3 Å². The van der Waals surface area contributed by atoms with E-state index < -0.39 is 6.04 Å². The normalized spacial score (nSPS) is 19.8. The molecule has 2 aromatic rings. The first-order chi connectivity index (χ1) is 13.0. The lowest BCUT2D eigenvalue weighted by Crippen LogP contribution is -2.45. The summed E-state index contributed by atoms with van der Waals surface area (Å²) in [6.07, 6.45) is 1.60. The van der Waals surface area contributed by atoms with E-state index in [1.165, 1.54) is 10.5 Å². The van der Waals surface area contributed by atoms with Crippen molar-refractivity contribution in [2.45, 2.75) is 32.4 Å². The van der Waals surface area contributed by atoms with Crippen LogP contribution in [0.1, 0.15) is 42.7 Å². The third-order valence-electron chi connectivity index (χ3n) is 5.30. The molecule has 0 saturated carbocycles. The largest absolute Gasteiger partial charge is 0.467 e. The summed E-state index contributed by atoms with van der Waals surface area (Å²) in [7, 11) is 1.70. The van der Waals surface area contributed by atoms with Crippen LogP contribution >= 0.6 is 0 Å². The molecule has 0 saturated heterocycles. The van der Waals surface area contributed by atoms with Crippen LogP contribution in [0, 0.1) is 0 Å². The van der Waals surface area contributed by atoms with Gasteiger partial charge in [-0.3, -0.25) is 9.69 Å². The van der Waals surface area contributed by atoms with Crippen molar-refractivity contribution in [3.8, 4) is 0 Å². The number of likely N-dealkylation sites (N-methyl/N-ethyl adjacent to an activating group) is 1. The highest BCUT2D eigenvalue weighted by atomic mass is 16.3. The number of hydrogen-bond donors (Lipinski definition) is 1. The van der Waals surface area contributed by atoms with E-state index in [2.05, 4.69) is 31.3 Å². The van der Waals surface area contributed by atoms with Crippen LogP contribution in [-0.4, -0.2) is 35.3 Å². The zero-order chi connectivity index (χ0) is 19.1. The summed E-state index contributed by atoms with van der Waals surface area (Å²) in [5.41, 5.74) is 3.54. The van der Waals surface area contributed by atoms with E-state index in [-0.39, 0.29) is 11.9 Å². The van der Waals surface area contributed by atoms with E-state index >= 15 is 0 Å². The van der Waals surface area contributed by atoms with Gasteiger partial charge in [0, 0.05) is 7.05 Å². The van der Waals surface area contributed by atoms with Gasteiger partial charge in [0.1, 0.15) is 5.76 Å². The van der Waals surface area contributed by atoms with Gasteiger partial charge in [-0.1, -0.05) is 38.1 Å². The Kier molecular flexibility index (Phi) is 4.26. The minimum atomic E-state index is -0.431. The number of carbonyl (C=O) groups is 2. The Morgan fingerprint density at radius 2 is 1.93 bits per heavy atom. The zero-order valence-corrected chi connectivity index (χ0v) is 15.7. The molecule has 6 nitrogen and oxygen atoms in total. The van der Waals surface area contributed by atoms with Gasteiger partial charge in [-0.25, -0.2) is 4.79 Å². The second kappa shape index (κ2) is 6.61. The quantitative estimate of drug-likeness (QED) is 0.903. The number of benzene rings is 1. The Balaban J connectivity index is 1.66. The summed E-state index contributed by atoms with van der Waals surface area (Å²) in [5, 5.41) is 2.97. The molecule has 2 aliphatic rings. The van der Waals surface area contributed by atoms with Gasteiger partial charge in [-0.15, -0.1) is 0 Å². The smallest absolute Gasteiger partial charge is 0.322 e. The fraction of sp³-hybridized carbons (Fsp3) is 0.333. The van der Waals surface area contributed by atoms with Gasteiger partial charge in [0.25, 0.3) is 5.91 Å². The topological polar surface area (TPSA) is 65.8 Å². The molecular formula is C21H23N3O3. The molecule has 6 heteroatoms. The number of hydrogen-bond acceptors (Lipinski definition) is 3. The summed E-state index contributed by atoms with van der Waals surface area (Å²) in [6.45, 7) is 5.07. The van der Waals surface area contributed by atoms with E-state index in [0.29, 0.717) is 24.6 Å². The molecule has 27 heavy (non-hydrogen) atoms. The maximum Gasteiger partial charge on any atom is 0.322 e. The number of nitrogens with one attached hydrogen (secondary N) is 1. The maximum absolute atomic E-state index is 13.1. The van der Waals surface area contributed by atoms with E-state index in [1.807, 2.05) is 18.2 Å². The SMILES string of the molecule is CC(C)c1ccc([C@@H]2NC(=O)N(C)C3=C2C(=O)N(Cc2ccco2)C3)cc1. The molecule has 1 N–H and O–H groups in total. The second-order valence-corrected chi connectivity index (χ2v) is 7.36.